The van der Waals surface area contributed by atoms with E-state index in [4.69, 9.17) is 0 Å². The first-order valence-electron chi connectivity index (χ1n) is 9.08. The number of carbonyl (C=O) groups excluding carboxylic acids is 1. The highest BCUT2D eigenvalue weighted by Gasteiger charge is 2.61. The Labute approximate surface area is 147 Å². The maximum atomic E-state index is 12.7. The van der Waals surface area contributed by atoms with Crippen LogP contribution in [0.25, 0.3) is 10.8 Å². The highest BCUT2D eigenvalue weighted by Crippen LogP contribution is 2.65. The summed E-state index contributed by atoms with van der Waals surface area (Å²) in [5, 5.41) is 11.2. The number of nitrogens with one attached hydrogen (secondary N) is 2. The molecule has 25 heavy (non-hydrogen) atoms. The fourth-order valence-electron chi connectivity index (χ4n) is 5.13. The van der Waals surface area contributed by atoms with Gasteiger partial charge < -0.3 is 5.32 Å². The van der Waals surface area contributed by atoms with Gasteiger partial charge in [-0.15, -0.1) is 0 Å². The van der Waals surface area contributed by atoms with Crippen molar-refractivity contribution in [2.45, 2.75) is 52.5 Å². The number of rotatable bonds is 3. The van der Waals surface area contributed by atoms with Crippen LogP contribution in [0.5, 0.6) is 0 Å². The molecule has 0 radical (unpaired) electrons. The normalized spacial score (nSPS) is 29.9. The van der Waals surface area contributed by atoms with Crippen LogP contribution in [0.3, 0.4) is 0 Å². The Morgan fingerprint density at radius 2 is 2.00 bits per heavy atom. The van der Waals surface area contributed by atoms with Crippen LogP contribution < -0.4 is 10.9 Å². The topological polar surface area (TPSA) is 74.8 Å². The van der Waals surface area contributed by atoms with Crippen LogP contribution in [0.15, 0.2) is 29.1 Å². The quantitative estimate of drug-likeness (QED) is 0.903. The van der Waals surface area contributed by atoms with Crippen LogP contribution >= 0.6 is 0 Å². The first kappa shape index (κ1) is 16.3. The highest BCUT2D eigenvalue weighted by atomic mass is 16.1. The van der Waals surface area contributed by atoms with Gasteiger partial charge in [0.2, 0.25) is 5.91 Å². The number of hydrogen-bond acceptors (Lipinski definition) is 3. The van der Waals surface area contributed by atoms with Crippen LogP contribution in [-0.2, 0) is 11.2 Å². The number of H-pyrrole nitrogens is 1. The Kier molecular flexibility index (Phi) is 3.53. The second-order valence-corrected chi connectivity index (χ2v) is 8.45. The van der Waals surface area contributed by atoms with Gasteiger partial charge in [-0.25, -0.2) is 5.10 Å². The van der Waals surface area contributed by atoms with Gasteiger partial charge in [0, 0.05) is 11.4 Å². The fourth-order valence-corrected chi connectivity index (χ4v) is 5.13. The van der Waals surface area contributed by atoms with Crippen molar-refractivity contribution in [3.05, 3.63) is 40.3 Å². The monoisotopic (exact) mass is 339 g/mol. The minimum atomic E-state index is -0.220. The zero-order valence-corrected chi connectivity index (χ0v) is 15.1. The maximum Gasteiger partial charge on any atom is 0.272 e. The molecule has 0 spiro atoms. The van der Waals surface area contributed by atoms with Gasteiger partial charge in [0.1, 0.15) is 0 Å². The molecule has 3 unspecified atom stereocenters. The standard InChI is InChI=1S/C20H25N3O2/c1-19(2)12-8-9-20(19,3)16(10-12)21-17(24)11-15-13-6-4-5-7-14(13)18(25)23-22-15/h4-7,12,16H,8-11H2,1-3H3,(H,21,24)(H,23,25). The number of aromatic amines is 1. The van der Waals surface area contributed by atoms with Gasteiger partial charge in [-0.2, -0.15) is 5.10 Å². The summed E-state index contributed by atoms with van der Waals surface area (Å²) in [5.41, 5.74) is 0.837. The second-order valence-electron chi connectivity index (χ2n) is 8.45. The molecular formula is C20H25N3O2. The van der Waals surface area contributed by atoms with Gasteiger partial charge in [0.05, 0.1) is 17.5 Å². The predicted molar refractivity (Wildman–Crippen MR) is 97.2 cm³/mol. The molecule has 1 aromatic heterocycles. The molecule has 5 nitrogen and oxygen atoms in total. The fraction of sp³-hybridized carbons (Fsp3) is 0.550. The number of hydrogen-bond donors (Lipinski definition) is 2. The summed E-state index contributed by atoms with van der Waals surface area (Å²) < 4.78 is 0. The number of carbonyl (C=O) groups is 1. The van der Waals surface area contributed by atoms with Gasteiger partial charge in [0.15, 0.2) is 0 Å². The van der Waals surface area contributed by atoms with E-state index < -0.39 is 0 Å². The van der Waals surface area contributed by atoms with Crippen LogP contribution in [0.4, 0.5) is 0 Å². The number of benzene rings is 1. The molecule has 2 N–H and O–H groups in total. The molecule has 3 atom stereocenters. The Morgan fingerprint density at radius 1 is 1.28 bits per heavy atom. The Bertz CT molecular complexity index is 901. The Morgan fingerprint density at radius 3 is 2.64 bits per heavy atom. The molecule has 2 aliphatic carbocycles. The summed E-state index contributed by atoms with van der Waals surface area (Å²) in [7, 11) is 0. The van der Waals surface area contributed by atoms with Crippen LogP contribution in [-0.4, -0.2) is 22.1 Å². The largest absolute Gasteiger partial charge is 0.352 e. The zero-order valence-electron chi connectivity index (χ0n) is 15.1. The molecule has 1 amide bonds. The van der Waals surface area contributed by atoms with E-state index in [0.717, 1.165) is 11.8 Å². The average Bonchev–Trinajstić information content (AvgIpc) is 2.91. The van der Waals surface area contributed by atoms with Gasteiger partial charge in [0.25, 0.3) is 5.56 Å². The van der Waals surface area contributed by atoms with E-state index in [1.807, 2.05) is 18.2 Å². The van der Waals surface area contributed by atoms with E-state index >= 15 is 0 Å². The molecular weight excluding hydrogens is 314 g/mol. The smallest absolute Gasteiger partial charge is 0.272 e. The van der Waals surface area contributed by atoms with Crippen LogP contribution in [0.1, 0.15) is 45.7 Å². The van der Waals surface area contributed by atoms with E-state index in [9.17, 15) is 9.59 Å². The van der Waals surface area contributed by atoms with Gasteiger partial charge >= 0.3 is 0 Å². The SMILES string of the molecule is CC1(C)C2CCC1(C)C(NC(=O)Cc1n[nH]c(=O)c3ccccc13)C2. The molecule has 1 aromatic carbocycles. The molecule has 0 saturated heterocycles. The van der Waals surface area contributed by atoms with Crippen molar-refractivity contribution in [3.63, 3.8) is 0 Å². The van der Waals surface area contributed by atoms with E-state index in [0.29, 0.717) is 17.0 Å². The minimum absolute atomic E-state index is 0.0146. The first-order chi connectivity index (χ1) is 11.8. The number of aromatic nitrogens is 2. The minimum Gasteiger partial charge on any atom is -0.352 e. The van der Waals surface area contributed by atoms with Gasteiger partial charge in [-0.05, 0) is 42.1 Å². The maximum absolute atomic E-state index is 12.7. The number of amides is 1. The second kappa shape index (κ2) is 5.41. The van der Waals surface area contributed by atoms with Crippen molar-refractivity contribution in [3.8, 4) is 0 Å². The molecule has 2 aliphatic rings. The van der Waals surface area contributed by atoms with Crippen LogP contribution in [0.2, 0.25) is 0 Å². The average molecular weight is 339 g/mol. The van der Waals surface area contributed by atoms with E-state index in [-0.39, 0.29) is 34.8 Å². The van der Waals surface area contributed by atoms with Crippen molar-refractivity contribution in [2.24, 2.45) is 16.7 Å². The summed E-state index contributed by atoms with van der Waals surface area (Å²) >= 11 is 0. The van der Waals surface area contributed by atoms with Crippen LogP contribution in [0, 0.1) is 16.7 Å². The molecule has 2 bridgehead atoms. The lowest BCUT2D eigenvalue weighted by Gasteiger charge is -2.39. The van der Waals surface area contributed by atoms with Crippen molar-refractivity contribution in [1.29, 1.82) is 0 Å². The van der Waals surface area contributed by atoms with Gasteiger partial charge in [-0.1, -0.05) is 39.0 Å². The molecule has 0 aliphatic heterocycles. The molecule has 2 fully saturated rings. The lowest BCUT2D eigenvalue weighted by Crippen LogP contribution is -2.47. The van der Waals surface area contributed by atoms with Crippen molar-refractivity contribution < 1.29 is 4.79 Å². The predicted octanol–water partition coefficient (Wildman–Crippen LogP) is 2.80. The molecule has 2 saturated carbocycles. The molecule has 5 heteroatoms. The van der Waals surface area contributed by atoms with Gasteiger partial charge in [-0.3, -0.25) is 9.59 Å². The molecule has 4 rings (SSSR count). The Balaban J connectivity index is 1.55. The highest BCUT2D eigenvalue weighted by molar-refractivity contribution is 5.88. The summed E-state index contributed by atoms with van der Waals surface area (Å²) in [6.45, 7) is 7.00. The number of fused-ring (bicyclic) bond motifs is 3. The lowest BCUT2D eigenvalue weighted by molar-refractivity contribution is -0.122. The van der Waals surface area contributed by atoms with E-state index in [2.05, 4.69) is 36.3 Å². The first-order valence-corrected chi connectivity index (χ1v) is 9.08. The summed E-state index contributed by atoms with van der Waals surface area (Å²) in [5.74, 6) is 0.675. The van der Waals surface area contributed by atoms with E-state index in [1.165, 1.54) is 12.8 Å². The summed E-state index contributed by atoms with van der Waals surface area (Å²) in [4.78, 5) is 24.6. The third-order valence-electron chi connectivity index (χ3n) is 7.23. The van der Waals surface area contributed by atoms with E-state index in [1.54, 1.807) is 6.07 Å². The Hall–Kier alpha value is -2.17. The van der Waals surface area contributed by atoms with Crippen molar-refractivity contribution >= 4 is 16.7 Å². The zero-order chi connectivity index (χ0) is 17.8. The molecule has 2 aromatic rings. The van der Waals surface area contributed by atoms with Crippen molar-refractivity contribution in [1.82, 2.24) is 15.5 Å². The third-order valence-corrected chi connectivity index (χ3v) is 7.23. The molecule has 132 valence electrons. The number of nitrogens with zero attached hydrogens (tertiary/aromatic N) is 1. The summed E-state index contributed by atoms with van der Waals surface area (Å²) in [6, 6.07) is 7.52. The summed E-state index contributed by atoms with van der Waals surface area (Å²) in [6.07, 6.45) is 3.70. The molecule has 1 heterocycles. The van der Waals surface area contributed by atoms with Crippen molar-refractivity contribution in [2.75, 3.05) is 0 Å². The lowest BCUT2D eigenvalue weighted by atomic mass is 9.69. The third kappa shape index (κ3) is 2.32.